The van der Waals surface area contributed by atoms with Gasteiger partial charge in [-0.15, -0.1) is 0 Å². The molecule has 0 amide bonds. The van der Waals surface area contributed by atoms with Gasteiger partial charge in [-0.05, 0) is 42.0 Å². The predicted molar refractivity (Wildman–Crippen MR) is 203 cm³/mol. The maximum Gasteiger partial charge on any atom is 0.234 e. The molecule has 0 radical (unpaired) electrons. The molecule has 6 aromatic carbocycles. The van der Waals surface area contributed by atoms with Gasteiger partial charge < -0.3 is 9.88 Å². The second kappa shape index (κ2) is 11.4. The first-order chi connectivity index (χ1) is 24.8. The number of benzene rings is 6. The van der Waals surface area contributed by atoms with Gasteiger partial charge in [0.15, 0.2) is 5.84 Å². The molecule has 1 aliphatic heterocycles. The van der Waals surface area contributed by atoms with E-state index in [1.165, 1.54) is 16.3 Å². The Morgan fingerprint density at radius 2 is 1.04 bits per heavy atom. The van der Waals surface area contributed by atoms with Crippen molar-refractivity contribution in [3.05, 3.63) is 181 Å². The number of hydrogen-bond donors (Lipinski definition) is 1. The lowest BCUT2D eigenvalue weighted by atomic mass is 10.1. The average Bonchev–Trinajstić information content (AvgIpc) is 3.70. The van der Waals surface area contributed by atoms with E-state index >= 15 is 0 Å². The largest absolute Gasteiger partial charge is 0.344 e. The van der Waals surface area contributed by atoms with Crippen molar-refractivity contribution in [3.8, 4) is 11.6 Å². The zero-order chi connectivity index (χ0) is 33.0. The summed E-state index contributed by atoms with van der Waals surface area (Å²) in [6, 6.07) is 52.5. The van der Waals surface area contributed by atoms with Crippen LogP contribution in [0.3, 0.4) is 0 Å². The molecule has 10 rings (SSSR count). The molecule has 4 heterocycles. The first-order valence-electron chi connectivity index (χ1n) is 16.7. The third kappa shape index (κ3) is 4.52. The Hall–Kier alpha value is -6.86. The van der Waals surface area contributed by atoms with Crippen molar-refractivity contribution in [2.75, 3.05) is 0 Å². The Balaban J connectivity index is 1.13. The first kappa shape index (κ1) is 28.2. The highest BCUT2D eigenvalue weighted by Gasteiger charge is 2.23. The minimum Gasteiger partial charge on any atom is -0.344 e. The molecule has 1 atom stereocenters. The van der Waals surface area contributed by atoms with Crippen molar-refractivity contribution in [2.24, 2.45) is 9.98 Å². The van der Waals surface area contributed by atoms with Crippen LogP contribution in [0.5, 0.6) is 0 Å². The van der Waals surface area contributed by atoms with Crippen LogP contribution in [-0.4, -0.2) is 30.8 Å². The molecule has 1 N–H and O–H groups in total. The molecule has 9 aromatic rings. The fraction of sp³-hybridized carbons (Fsp3) is 0.0233. The molecule has 7 heteroatoms. The van der Waals surface area contributed by atoms with Crippen LogP contribution in [0.15, 0.2) is 174 Å². The molecule has 1 aliphatic rings. The van der Waals surface area contributed by atoms with Crippen LogP contribution in [0, 0.1) is 0 Å². The van der Waals surface area contributed by atoms with Crippen molar-refractivity contribution in [2.45, 2.75) is 6.17 Å². The Bertz CT molecular complexity index is 2760. The first-order valence-corrected chi connectivity index (χ1v) is 16.7. The van der Waals surface area contributed by atoms with Crippen molar-refractivity contribution < 1.29 is 0 Å². The predicted octanol–water partition coefficient (Wildman–Crippen LogP) is 9.17. The normalized spacial score (nSPS) is 14.6. The fourth-order valence-corrected chi connectivity index (χ4v) is 7.18. The summed E-state index contributed by atoms with van der Waals surface area (Å²) in [6.07, 6.45) is 3.41. The van der Waals surface area contributed by atoms with Gasteiger partial charge >= 0.3 is 0 Å². The van der Waals surface area contributed by atoms with Crippen LogP contribution >= 0.6 is 0 Å². The molecule has 50 heavy (non-hydrogen) atoms. The van der Waals surface area contributed by atoms with E-state index in [2.05, 4.69) is 118 Å². The SMILES string of the molecule is c1ccc(C2=NC(c3ccccc3)NC(c3cnc(-n4c5ccccc5c5cc6c7ccccc7n(-c7ccccc7)c6cc54)nc3)=N2)cc1. The van der Waals surface area contributed by atoms with E-state index in [0.717, 1.165) is 49.7 Å². The summed E-state index contributed by atoms with van der Waals surface area (Å²) in [5.41, 5.74) is 8.30. The molecule has 0 bridgehead atoms. The van der Waals surface area contributed by atoms with E-state index in [0.29, 0.717) is 17.6 Å². The number of nitrogens with zero attached hydrogens (tertiary/aromatic N) is 6. The van der Waals surface area contributed by atoms with E-state index in [1.54, 1.807) is 0 Å². The summed E-state index contributed by atoms with van der Waals surface area (Å²) < 4.78 is 4.51. The molecule has 0 saturated heterocycles. The van der Waals surface area contributed by atoms with Crippen LogP contribution in [0.25, 0.3) is 55.2 Å². The number of nitrogens with one attached hydrogen (secondary N) is 1. The highest BCUT2D eigenvalue weighted by molar-refractivity contribution is 6.19. The monoisotopic (exact) mass is 643 g/mol. The molecule has 1 unspecified atom stereocenters. The highest BCUT2D eigenvalue weighted by atomic mass is 15.2. The lowest BCUT2D eigenvalue weighted by molar-refractivity contribution is 0.674. The van der Waals surface area contributed by atoms with Gasteiger partial charge in [-0.1, -0.05) is 115 Å². The Labute approximate surface area is 287 Å². The second-order valence-corrected chi connectivity index (χ2v) is 12.4. The van der Waals surface area contributed by atoms with Crippen LogP contribution in [0.4, 0.5) is 0 Å². The topological polar surface area (TPSA) is 72.4 Å². The van der Waals surface area contributed by atoms with Gasteiger partial charge in [0.25, 0.3) is 0 Å². The maximum absolute atomic E-state index is 4.98. The fourth-order valence-electron chi connectivity index (χ4n) is 7.18. The summed E-state index contributed by atoms with van der Waals surface area (Å²) >= 11 is 0. The van der Waals surface area contributed by atoms with Crippen LogP contribution in [0.2, 0.25) is 0 Å². The third-order valence-corrected chi connectivity index (χ3v) is 9.48. The molecular weight excluding hydrogens is 615 g/mol. The quantitative estimate of drug-likeness (QED) is 0.203. The van der Waals surface area contributed by atoms with Crippen molar-refractivity contribution >= 4 is 55.3 Å². The molecule has 0 fully saturated rings. The lowest BCUT2D eigenvalue weighted by Crippen LogP contribution is -2.33. The minimum absolute atomic E-state index is 0.297. The van der Waals surface area contributed by atoms with E-state index in [-0.39, 0.29) is 6.17 Å². The number of para-hydroxylation sites is 3. The number of rotatable bonds is 5. The van der Waals surface area contributed by atoms with Crippen LogP contribution in [0.1, 0.15) is 22.9 Å². The molecular formula is C43H29N7. The summed E-state index contributed by atoms with van der Waals surface area (Å²) in [4.78, 5) is 19.9. The van der Waals surface area contributed by atoms with Crippen LogP contribution < -0.4 is 5.32 Å². The van der Waals surface area contributed by atoms with Gasteiger partial charge in [0, 0.05) is 45.2 Å². The van der Waals surface area contributed by atoms with Crippen molar-refractivity contribution in [1.82, 2.24) is 24.4 Å². The Kier molecular flexibility index (Phi) is 6.42. The number of aliphatic imine (C=N–C) groups is 2. The maximum atomic E-state index is 4.98. The van der Waals surface area contributed by atoms with E-state index in [4.69, 9.17) is 20.0 Å². The summed E-state index contributed by atoms with van der Waals surface area (Å²) in [5.74, 6) is 1.93. The Morgan fingerprint density at radius 3 is 1.72 bits per heavy atom. The van der Waals surface area contributed by atoms with E-state index < -0.39 is 0 Å². The van der Waals surface area contributed by atoms with Gasteiger partial charge in [0.1, 0.15) is 12.0 Å². The van der Waals surface area contributed by atoms with Crippen molar-refractivity contribution in [1.29, 1.82) is 0 Å². The molecule has 0 spiro atoms. The molecule has 0 saturated carbocycles. The lowest BCUT2D eigenvalue weighted by Gasteiger charge is -2.23. The number of aromatic nitrogens is 4. The highest BCUT2D eigenvalue weighted by Crippen LogP contribution is 2.39. The summed E-state index contributed by atoms with van der Waals surface area (Å²) in [6.45, 7) is 0. The van der Waals surface area contributed by atoms with Crippen molar-refractivity contribution in [3.63, 3.8) is 0 Å². The van der Waals surface area contributed by atoms with Gasteiger partial charge in [0.05, 0.1) is 27.6 Å². The number of amidine groups is 2. The average molecular weight is 644 g/mol. The van der Waals surface area contributed by atoms with E-state index in [1.807, 2.05) is 60.9 Å². The number of hydrogen-bond acceptors (Lipinski definition) is 5. The van der Waals surface area contributed by atoms with Gasteiger partial charge in [-0.3, -0.25) is 4.57 Å². The van der Waals surface area contributed by atoms with E-state index in [9.17, 15) is 0 Å². The summed E-state index contributed by atoms with van der Waals surface area (Å²) in [5, 5.41) is 8.27. The third-order valence-electron chi connectivity index (χ3n) is 9.48. The van der Waals surface area contributed by atoms with Gasteiger partial charge in [0.2, 0.25) is 5.95 Å². The molecule has 236 valence electrons. The van der Waals surface area contributed by atoms with Crippen LogP contribution in [-0.2, 0) is 0 Å². The molecule has 0 aliphatic carbocycles. The second-order valence-electron chi connectivity index (χ2n) is 12.4. The number of fused-ring (bicyclic) bond motifs is 6. The molecule has 3 aromatic heterocycles. The molecule has 7 nitrogen and oxygen atoms in total. The van der Waals surface area contributed by atoms with Gasteiger partial charge in [-0.25, -0.2) is 20.0 Å². The zero-order valence-electron chi connectivity index (χ0n) is 26.8. The van der Waals surface area contributed by atoms with Gasteiger partial charge in [-0.2, -0.15) is 0 Å². The standard InChI is InChI=1S/C43H29N7/c1-4-14-28(15-5-1)40-46-41(29-16-6-2-7-17-29)48-42(47-40)30-26-44-43(45-27-30)50-37-23-13-11-21-33(37)35-24-34-32-20-10-12-22-36(32)49(38(34)25-39(35)50)31-18-8-3-9-19-31/h1-27,40H,(H,46,47,48). The zero-order valence-corrected chi connectivity index (χ0v) is 26.8. The Morgan fingerprint density at radius 1 is 0.480 bits per heavy atom. The minimum atomic E-state index is -0.297. The smallest absolute Gasteiger partial charge is 0.234 e. The summed E-state index contributed by atoms with van der Waals surface area (Å²) in [7, 11) is 0.